The second-order valence-electron chi connectivity index (χ2n) is 7.00. The molecule has 1 amide bonds. The van der Waals surface area contributed by atoms with Gasteiger partial charge in [-0.3, -0.25) is 4.79 Å². The molecule has 0 saturated carbocycles. The number of carboxylic acid groups (broad SMARTS) is 1. The van der Waals surface area contributed by atoms with Crippen molar-refractivity contribution in [3.8, 4) is 0 Å². The van der Waals surface area contributed by atoms with Gasteiger partial charge in [-0.05, 0) is 19.8 Å². The van der Waals surface area contributed by atoms with E-state index in [0.717, 1.165) is 11.3 Å². The maximum Gasteiger partial charge on any atom is 0.347 e. The third-order valence-corrected chi connectivity index (χ3v) is 6.38. The first kappa shape index (κ1) is 23.4. The Morgan fingerprint density at radius 1 is 1.45 bits per heavy atom. The fraction of sp³-hybridized carbons (Fsp3) is 0.556. The molecule has 0 bridgehead atoms. The lowest BCUT2D eigenvalue weighted by atomic mass is 10.0. The van der Waals surface area contributed by atoms with E-state index in [-0.39, 0.29) is 22.4 Å². The summed E-state index contributed by atoms with van der Waals surface area (Å²) in [5.41, 5.74) is 1.01. The Morgan fingerprint density at radius 3 is 2.77 bits per heavy atom. The summed E-state index contributed by atoms with van der Waals surface area (Å²) < 4.78 is 30.9. The molecule has 1 saturated heterocycles. The highest BCUT2D eigenvalue weighted by atomic mass is 35.5. The molecule has 3 rings (SSSR count). The number of hydrogen-bond acceptors (Lipinski definition) is 7. The Bertz CT molecular complexity index is 954. The number of alkyl halides is 2. The highest BCUT2D eigenvalue weighted by Gasteiger charge is 2.34. The number of rotatable bonds is 8. The fourth-order valence-corrected chi connectivity index (χ4v) is 4.51. The number of imidazole rings is 1. The van der Waals surface area contributed by atoms with Crippen molar-refractivity contribution in [3.05, 3.63) is 27.2 Å². The van der Waals surface area contributed by atoms with E-state index in [4.69, 9.17) is 16.3 Å². The molecular weight excluding hydrogens is 456 g/mol. The number of piperidine rings is 1. The summed E-state index contributed by atoms with van der Waals surface area (Å²) in [5, 5.41) is 12.7. The van der Waals surface area contributed by atoms with Crippen LogP contribution < -0.4 is 10.2 Å². The van der Waals surface area contributed by atoms with Crippen molar-refractivity contribution in [2.75, 3.05) is 24.6 Å². The summed E-state index contributed by atoms with van der Waals surface area (Å²) in [5.74, 6) is -1.54. The molecule has 2 aromatic heterocycles. The van der Waals surface area contributed by atoms with Crippen LogP contribution in [-0.4, -0.2) is 70.2 Å². The van der Waals surface area contributed by atoms with Crippen LogP contribution in [0.3, 0.4) is 0 Å². The number of anilines is 1. The van der Waals surface area contributed by atoms with Gasteiger partial charge in [-0.25, -0.2) is 23.5 Å². The molecule has 3 N–H and O–H groups in total. The molecule has 0 spiro atoms. The van der Waals surface area contributed by atoms with Gasteiger partial charge in [0.15, 0.2) is 16.1 Å². The number of thiazole rings is 1. The first-order valence-corrected chi connectivity index (χ1v) is 10.8. The zero-order valence-electron chi connectivity index (χ0n) is 16.8. The summed E-state index contributed by atoms with van der Waals surface area (Å²) in [6.07, 6.45) is -2.46. The lowest BCUT2D eigenvalue weighted by molar-refractivity contribution is -0.0391. The van der Waals surface area contributed by atoms with E-state index in [0.29, 0.717) is 35.9 Å². The molecule has 0 radical (unpaired) electrons. The molecular formula is C18H22ClF2N5O4S. The van der Waals surface area contributed by atoms with E-state index in [1.165, 1.54) is 0 Å². The number of ether oxygens (including phenoxy) is 1. The minimum atomic E-state index is -2.66. The maximum atomic E-state index is 12.8. The maximum absolute atomic E-state index is 12.8. The van der Waals surface area contributed by atoms with Crippen molar-refractivity contribution in [1.29, 1.82) is 0 Å². The van der Waals surface area contributed by atoms with Crippen molar-refractivity contribution >= 4 is 39.9 Å². The Kier molecular flexibility index (Phi) is 7.44. The van der Waals surface area contributed by atoms with Gasteiger partial charge in [0.05, 0.1) is 23.5 Å². The average Bonchev–Trinajstić information content (AvgIpc) is 3.29. The number of aromatic carboxylic acids is 1. The van der Waals surface area contributed by atoms with Crippen LogP contribution in [0.5, 0.6) is 0 Å². The van der Waals surface area contributed by atoms with Crippen molar-refractivity contribution in [1.82, 2.24) is 20.3 Å². The summed E-state index contributed by atoms with van der Waals surface area (Å²) in [4.78, 5) is 36.9. The van der Waals surface area contributed by atoms with Crippen LogP contribution in [0.4, 0.5) is 13.9 Å². The molecule has 2 aromatic rings. The fourth-order valence-electron chi connectivity index (χ4n) is 3.30. The van der Waals surface area contributed by atoms with Gasteiger partial charge in [-0.2, -0.15) is 0 Å². The second kappa shape index (κ2) is 9.88. The number of carbonyl (C=O) groups is 2. The van der Waals surface area contributed by atoms with E-state index < -0.39 is 37.1 Å². The third kappa shape index (κ3) is 5.49. The topological polar surface area (TPSA) is 120 Å². The van der Waals surface area contributed by atoms with Gasteiger partial charge in [-0.15, -0.1) is 0 Å². The van der Waals surface area contributed by atoms with Gasteiger partial charge < -0.3 is 25.0 Å². The molecule has 0 aromatic carbocycles. The number of amides is 1. The Labute approximate surface area is 185 Å². The second-order valence-corrected chi connectivity index (χ2v) is 8.34. The van der Waals surface area contributed by atoms with Gasteiger partial charge in [0.1, 0.15) is 11.5 Å². The van der Waals surface area contributed by atoms with Gasteiger partial charge in [0.25, 0.3) is 12.3 Å². The monoisotopic (exact) mass is 477 g/mol. The van der Waals surface area contributed by atoms with E-state index in [9.17, 15) is 23.5 Å². The van der Waals surface area contributed by atoms with Gasteiger partial charge >= 0.3 is 5.97 Å². The lowest BCUT2D eigenvalue weighted by Gasteiger charge is -2.38. The smallest absolute Gasteiger partial charge is 0.347 e. The highest BCUT2D eigenvalue weighted by molar-refractivity contribution is 7.17. The Balaban J connectivity index is 1.73. The predicted molar refractivity (Wildman–Crippen MR) is 111 cm³/mol. The van der Waals surface area contributed by atoms with Crippen LogP contribution in [0.15, 0.2) is 0 Å². The zero-order chi connectivity index (χ0) is 22.7. The quantitative estimate of drug-likeness (QED) is 0.534. The van der Waals surface area contributed by atoms with Gasteiger partial charge in [0, 0.05) is 13.1 Å². The Morgan fingerprint density at radius 2 is 2.19 bits per heavy atom. The number of halogens is 3. The first-order valence-electron chi connectivity index (χ1n) is 9.60. The number of hydrogen-bond donors (Lipinski definition) is 3. The van der Waals surface area contributed by atoms with E-state index in [1.807, 2.05) is 6.92 Å². The van der Waals surface area contributed by atoms with Crippen LogP contribution in [-0.2, 0) is 11.2 Å². The first-order chi connectivity index (χ1) is 14.7. The number of aryl methyl sites for hydroxylation is 2. The standard InChI is InChI=1S/C18H22ClF2N5O4S/c1-3-9-14(19)25-15(23-9)16(27)24-10-4-5-26(6-11(10)30-7-12(20)21)18-22-8(2)13(31-18)17(28)29/h10-12H,3-7H2,1-2H3,(H,23,25)(H,24,27)(H,28,29)/t10-,11+/m1/s1. The molecule has 0 aliphatic carbocycles. The van der Waals surface area contributed by atoms with Gasteiger partial charge in [-0.1, -0.05) is 29.9 Å². The number of nitrogens with one attached hydrogen (secondary N) is 2. The van der Waals surface area contributed by atoms with Crippen molar-refractivity contribution < 1.29 is 28.2 Å². The number of carboxylic acids is 1. The highest BCUT2D eigenvalue weighted by Crippen LogP contribution is 2.29. The minimum Gasteiger partial charge on any atom is -0.477 e. The molecule has 13 heteroatoms. The number of nitrogens with zero attached hydrogens (tertiary/aromatic N) is 3. The molecule has 1 aliphatic heterocycles. The zero-order valence-corrected chi connectivity index (χ0v) is 18.4. The number of carbonyl (C=O) groups excluding carboxylic acids is 1. The van der Waals surface area contributed by atoms with Crippen LogP contribution >= 0.6 is 22.9 Å². The van der Waals surface area contributed by atoms with Crippen LogP contribution in [0.25, 0.3) is 0 Å². The molecule has 3 heterocycles. The normalized spacial score (nSPS) is 19.1. The molecule has 1 aliphatic rings. The third-order valence-electron chi connectivity index (χ3n) is 4.86. The molecule has 170 valence electrons. The minimum absolute atomic E-state index is 0.0403. The van der Waals surface area contributed by atoms with E-state index in [2.05, 4.69) is 20.3 Å². The van der Waals surface area contributed by atoms with Crippen molar-refractivity contribution in [2.45, 2.75) is 45.3 Å². The number of aromatic nitrogens is 3. The lowest BCUT2D eigenvalue weighted by Crippen LogP contribution is -2.55. The predicted octanol–water partition coefficient (Wildman–Crippen LogP) is 2.75. The van der Waals surface area contributed by atoms with Gasteiger partial charge in [0.2, 0.25) is 0 Å². The van der Waals surface area contributed by atoms with E-state index >= 15 is 0 Å². The Hall–Kier alpha value is -2.31. The summed E-state index contributed by atoms with van der Waals surface area (Å²) in [7, 11) is 0. The van der Waals surface area contributed by atoms with Crippen LogP contribution in [0.1, 0.15) is 45.0 Å². The molecule has 1 fully saturated rings. The SMILES string of the molecule is CCc1[nH]c(C(=O)N[C@@H]2CCN(c3nc(C)c(C(=O)O)s3)C[C@@H]2OCC(F)F)nc1Cl. The largest absolute Gasteiger partial charge is 0.477 e. The van der Waals surface area contributed by atoms with E-state index in [1.54, 1.807) is 11.8 Å². The summed E-state index contributed by atoms with van der Waals surface area (Å²) in [6, 6.07) is -0.545. The molecule has 2 atom stereocenters. The van der Waals surface area contributed by atoms with Crippen LogP contribution in [0.2, 0.25) is 5.15 Å². The molecule has 9 nitrogen and oxygen atoms in total. The number of H-pyrrole nitrogens is 1. The summed E-state index contributed by atoms with van der Waals surface area (Å²) in [6.45, 7) is 3.28. The average molecular weight is 478 g/mol. The summed E-state index contributed by atoms with van der Waals surface area (Å²) >= 11 is 7.00. The van der Waals surface area contributed by atoms with Crippen molar-refractivity contribution in [2.24, 2.45) is 0 Å². The molecule has 0 unspecified atom stereocenters. The van der Waals surface area contributed by atoms with Crippen LogP contribution in [0, 0.1) is 6.92 Å². The molecule has 31 heavy (non-hydrogen) atoms. The number of aromatic amines is 1. The van der Waals surface area contributed by atoms with Crippen molar-refractivity contribution in [3.63, 3.8) is 0 Å².